The van der Waals surface area contributed by atoms with Gasteiger partial charge in [-0.15, -0.1) is 0 Å². The zero-order chi connectivity index (χ0) is 21.1. The minimum absolute atomic E-state index is 0.0447. The molecule has 2 aliphatic rings. The molecule has 0 aromatic heterocycles. The van der Waals surface area contributed by atoms with Gasteiger partial charge in [-0.25, -0.2) is 9.59 Å². The van der Waals surface area contributed by atoms with Crippen LogP contribution in [0.1, 0.15) is 42.7 Å². The van der Waals surface area contributed by atoms with E-state index in [1.165, 1.54) is 4.90 Å². The van der Waals surface area contributed by atoms with Crippen molar-refractivity contribution in [3.63, 3.8) is 0 Å². The van der Waals surface area contributed by atoms with Gasteiger partial charge in [0.1, 0.15) is 12.1 Å². The zero-order valence-electron chi connectivity index (χ0n) is 17.2. The molecule has 1 fully saturated rings. The molecule has 0 spiro atoms. The summed E-state index contributed by atoms with van der Waals surface area (Å²) in [5.74, 6) is -1.01. The van der Waals surface area contributed by atoms with Crippen molar-refractivity contribution in [2.24, 2.45) is 0 Å². The molecule has 1 N–H and O–H groups in total. The second-order valence-corrected chi connectivity index (χ2v) is 7.99. The summed E-state index contributed by atoms with van der Waals surface area (Å²) in [6.45, 7) is 1.06. The van der Waals surface area contributed by atoms with E-state index in [0.29, 0.717) is 38.8 Å². The van der Waals surface area contributed by atoms with Crippen LogP contribution in [0.3, 0.4) is 0 Å². The normalized spacial score (nSPS) is 20.1. The van der Waals surface area contributed by atoms with E-state index < -0.39 is 17.6 Å². The van der Waals surface area contributed by atoms with E-state index in [9.17, 15) is 14.7 Å². The van der Waals surface area contributed by atoms with Gasteiger partial charge in [0, 0.05) is 26.2 Å². The highest BCUT2D eigenvalue weighted by Gasteiger charge is 2.50. The summed E-state index contributed by atoms with van der Waals surface area (Å²) in [4.78, 5) is 26.5. The number of carboxylic acid groups (broad SMARTS) is 1. The van der Waals surface area contributed by atoms with E-state index in [0.717, 1.165) is 22.3 Å². The number of methoxy groups -OCH3 is 1. The number of likely N-dealkylation sites (tertiary alicyclic amines) is 1. The van der Waals surface area contributed by atoms with Crippen molar-refractivity contribution < 1.29 is 24.2 Å². The van der Waals surface area contributed by atoms with Crippen molar-refractivity contribution in [3.05, 3.63) is 59.7 Å². The first kappa shape index (κ1) is 20.4. The number of carbonyl (C=O) groups is 2. The van der Waals surface area contributed by atoms with Crippen LogP contribution in [-0.4, -0.2) is 54.5 Å². The van der Waals surface area contributed by atoms with Gasteiger partial charge in [0.25, 0.3) is 0 Å². The molecule has 0 bridgehead atoms. The van der Waals surface area contributed by atoms with Crippen molar-refractivity contribution in [1.82, 2.24) is 4.90 Å². The zero-order valence-corrected chi connectivity index (χ0v) is 17.2. The fourth-order valence-electron chi connectivity index (χ4n) is 4.91. The maximum absolute atomic E-state index is 13.0. The van der Waals surface area contributed by atoms with Crippen LogP contribution < -0.4 is 0 Å². The van der Waals surface area contributed by atoms with Crippen LogP contribution in [-0.2, 0) is 14.3 Å². The third-order valence-electron chi connectivity index (χ3n) is 6.38. The molecule has 2 aromatic rings. The number of ether oxygens (including phenoxy) is 2. The lowest BCUT2D eigenvalue weighted by Crippen LogP contribution is -2.53. The van der Waals surface area contributed by atoms with Gasteiger partial charge in [0.15, 0.2) is 0 Å². The molecule has 30 heavy (non-hydrogen) atoms. The Kier molecular flexibility index (Phi) is 5.77. The molecular formula is C24H27NO5. The third-order valence-corrected chi connectivity index (χ3v) is 6.38. The Morgan fingerprint density at radius 1 is 1.10 bits per heavy atom. The summed E-state index contributed by atoms with van der Waals surface area (Å²) in [5, 5.41) is 9.93. The van der Waals surface area contributed by atoms with Crippen LogP contribution in [0.15, 0.2) is 48.5 Å². The molecule has 4 rings (SSSR count). The summed E-state index contributed by atoms with van der Waals surface area (Å²) in [6.07, 6.45) is 1.49. The second kappa shape index (κ2) is 8.48. The molecule has 1 aliphatic heterocycles. The molecule has 1 saturated heterocycles. The quantitative estimate of drug-likeness (QED) is 0.691. The minimum Gasteiger partial charge on any atom is -0.479 e. The largest absolute Gasteiger partial charge is 0.479 e. The molecule has 0 radical (unpaired) electrons. The number of fused-ring (bicyclic) bond motifs is 3. The topological polar surface area (TPSA) is 76.1 Å². The Labute approximate surface area is 176 Å². The minimum atomic E-state index is -1.21. The SMILES string of the molecule is COCCC[C@]1(C(=O)O)CCCN1C(=O)OCC1c2ccccc2-c2ccccc21. The Morgan fingerprint density at radius 3 is 2.33 bits per heavy atom. The lowest BCUT2D eigenvalue weighted by atomic mass is 9.90. The highest BCUT2D eigenvalue weighted by molar-refractivity contribution is 5.85. The molecule has 158 valence electrons. The first-order valence-corrected chi connectivity index (χ1v) is 10.4. The number of hydrogen-bond acceptors (Lipinski definition) is 4. The summed E-state index contributed by atoms with van der Waals surface area (Å²) in [6, 6.07) is 16.3. The van der Waals surface area contributed by atoms with Crippen molar-refractivity contribution >= 4 is 12.1 Å². The smallest absolute Gasteiger partial charge is 0.410 e. The van der Waals surface area contributed by atoms with E-state index in [1.54, 1.807) is 7.11 Å². The highest BCUT2D eigenvalue weighted by atomic mass is 16.6. The van der Waals surface area contributed by atoms with Gasteiger partial charge in [-0.05, 0) is 47.9 Å². The van der Waals surface area contributed by atoms with Gasteiger partial charge in [-0.1, -0.05) is 48.5 Å². The van der Waals surface area contributed by atoms with Gasteiger partial charge in [0.05, 0.1) is 0 Å². The molecule has 1 aliphatic carbocycles. The average molecular weight is 409 g/mol. The molecule has 1 atom stereocenters. The summed E-state index contributed by atoms with van der Waals surface area (Å²) < 4.78 is 10.8. The Morgan fingerprint density at radius 2 is 1.73 bits per heavy atom. The maximum Gasteiger partial charge on any atom is 0.410 e. The van der Waals surface area contributed by atoms with Crippen LogP contribution in [0.4, 0.5) is 4.79 Å². The predicted octanol–water partition coefficient (Wildman–Crippen LogP) is 4.28. The fourth-order valence-corrected chi connectivity index (χ4v) is 4.91. The highest BCUT2D eigenvalue weighted by Crippen LogP contribution is 2.44. The maximum atomic E-state index is 13.0. The number of amides is 1. The van der Waals surface area contributed by atoms with E-state index in [-0.39, 0.29) is 12.5 Å². The lowest BCUT2D eigenvalue weighted by molar-refractivity contribution is -0.149. The summed E-state index contributed by atoms with van der Waals surface area (Å²) >= 11 is 0. The van der Waals surface area contributed by atoms with E-state index in [4.69, 9.17) is 9.47 Å². The van der Waals surface area contributed by atoms with Crippen molar-refractivity contribution in [3.8, 4) is 11.1 Å². The number of aliphatic carboxylic acids is 1. The molecule has 1 heterocycles. The predicted molar refractivity (Wildman–Crippen MR) is 112 cm³/mol. The first-order valence-electron chi connectivity index (χ1n) is 10.4. The van der Waals surface area contributed by atoms with E-state index in [2.05, 4.69) is 24.3 Å². The van der Waals surface area contributed by atoms with Crippen molar-refractivity contribution in [1.29, 1.82) is 0 Å². The number of hydrogen-bond donors (Lipinski definition) is 1. The first-order chi connectivity index (χ1) is 14.6. The number of rotatable bonds is 7. The number of benzene rings is 2. The summed E-state index contributed by atoms with van der Waals surface area (Å²) in [5.41, 5.74) is 3.39. The number of carboxylic acids is 1. The monoisotopic (exact) mass is 409 g/mol. The van der Waals surface area contributed by atoms with Crippen LogP contribution in [0.2, 0.25) is 0 Å². The van der Waals surface area contributed by atoms with E-state index >= 15 is 0 Å². The van der Waals surface area contributed by atoms with Gasteiger partial charge < -0.3 is 14.6 Å². The Hall–Kier alpha value is -2.86. The van der Waals surface area contributed by atoms with Gasteiger partial charge >= 0.3 is 12.1 Å². The molecule has 0 unspecified atom stereocenters. The van der Waals surface area contributed by atoms with Crippen molar-refractivity contribution in [2.45, 2.75) is 37.1 Å². The number of carbonyl (C=O) groups excluding carboxylic acids is 1. The Bertz CT molecular complexity index is 897. The number of nitrogens with zero attached hydrogens (tertiary/aromatic N) is 1. The molecule has 1 amide bonds. The van der Waals surface area contributed by atoms with Gasteiger partial charge in [-0.3, -0.25) is 4.90 Å². The van der Waals surface area contributed by atoms with Gasteiger partial charge in [0.2, 0.25) is 0 Å². The third kappa shape index (κ3) is 3.45. The molecule has 0 saturated carbocycles. The van der Waals surface area contributed by atoms with Crippen LogP contribution in [0, 0.1) is 0 Å². The molecular weight excluding hydrogens is 382 g/mol. The fraction of sp³-hybridized carbons (Fsp3) is 0.417. The average Bonchev–Trinajstić information content (AvgIpc) is 3.33. The standard InChI is InChI=1S/C24H27NO5/c1-29-15-7-13-24(22(26)27)12-6-14-25(24)23(28)30-16-21-19-10-4-2-8-17(19)18-9-3-5-11-20(18)21/h2-5,8-11,21H,6-7,12-16H2,1H3,(H,26,27)/t24-/m0/s1. The van der Waals surface area contributed by atoms with Crippen LogP contribution in [0.5, 0.6) is 0 Å². The molecule has 2 aromatic carbocycles. The van der Waals surface area contributed by atoms with Crippen molar-refractivity contribution in [2.75, 3.05) is 26.9 Å². The van der Waals surface area contributed by atoms with Crippen LogP contribution in [0.25, 0.3) is 11.1 Å². The van der Waals surface area contributed by atoms with Gasteiger partial charge in [-0.2, -0.15) is 0 Å². The van der Waals surface area contributed by atoms with Crippen LogP contribution >= 0.6 is 0 Å². The van der Waals surface area contributed by atoms with E-state index in [1.807, 2.05) is 24.3 Å². The Balaban J connectivity index is 1.51. The lowest BCUT2D eigenvalue weighted by Gasteiger charge is -2.34. The second-order valence-electron chi connectivity index (χ2n) is 7.99. The molecule has 6 nitrogen and oxygen atoms in total. The summed E-state index contributed by atoms with van der Waals surface area (Å²) in [7, 11) is 1.59. The molecule has 6 heteroatoms.